The molecule has 0 aliphatic heterocycles. The van der Waals surface area contributed by atoms with E-state index in [0.717, 1.165) is 35.7 Å². The molecule has 0 heterocycles. The van der Waals surface area contributed by atoms with Gasteiger partial charge in [-0.15, -0.1) is 0 Å². The Labute approximate surface area is 152 Å². The largest absolute Gasteiger partial charge is 0.465 e. The van der Waals surface area contributed by atoms with Crippen molar-refractivity contribution in [2.75, 3.05) is 19.0 Å². The van der Waals surface area contributed by atoms with Crippen molar-refractivity contribution in [3.05, 3.63) is 64.7 Å². The molecule has 24 heavy (non-hydrogen) atoms. The summed E-state index contributed by atoms with van der Waals surface area (Å²) in [6.45, 7) is 0.730. The van der Waals surface area contributed by atoms with E-state index in [2.05, 4.69) is 10.6 Å². The molecule has 6 heteroatoms. The van der Waals surface area contributed by atoms with E-state index >= 15 is 0 Å². The highest BCUT2D eigenvalue weighted by Crippen LogP contribution is 2.16. The summed E-state index contributed by atoms with van der Waals surface area (Å²) in [6, 6.07) is 14.8. The number of aryl methyl sites for hydroxylation is 1. The van der Waals surface area contributed by atoms with E-state index in [0.29, 0.717) is 10.7 Å². The Morgan fingerprint density at radius 2 is 2.00 bits per heavy atom. The predicted molar refractivity (Wildman–Crippen MR) is 102 cm³/mol. The van der Waals surface area contributed by atoms with Crippen LogP contribution in [0.4, 0.5) is 5.69 Å². The fraction of sp³-hybridized carbons (Fsp3) is 0.222. The van der Waals surface area contributed by atoms with E-state index < -0.39 is 0 Å². The molecule has 2 aromatic rings. The molecule has 0 bridgehead atoms. The summed E-state index contributed by atoms with van der Waals surface area (Å²) < 4.78 is 4.70. The van der Waals surface area contributed by atoms with Gasteiger partial charge < -0.3 is 15.4 Å². The smallest absolute Gasteiger partial charge is 0.337 e. The number of thiocarbonyl (C=S) groups is 1. The zero-order valence-corrected chi connectivity index (χ0v) is 14.9. The fourth-order valence-electron chi connectivity index (χ4n) is 2.20. The molecular weight excluding hydrogens is 344 g/mol. The Kier molecular flexibility index (Phi) is 7.03. The number of benzene rings is 2. The first-order chi connectivity index (χ1) is 11.6. The molecule has 0 radical (unpaired) electrons. The molecule has 2 rings (SSSR count). The Hall–Kier alpha value is -2.11. The number of rotatable bonds is 6. The first kappa shape index (κ1) is 18.2. The number of anilines is 1. The highest BCUT2D eigenvalue weighted by Gasteiger charge is 2.06. The Bertz CT molecular complexity index is 722. The third-order valence-corrected chi connectivity index (χ3v) is 4.02. The van der Waals surface area contributed by atoms with Crippen LogP contribution < -0.4 is 10.6 Å². The van der Waals surface area contributed by atoms with Crippen LogP contribution in [0.15, 0.2) is 48.5 Å². The number of methoxy groups -OCH3 is 1. The lowest BCUT2D eigenvalue weighted by Crippen LogP contribution is -2.29. The van der Waals surface area contributed by atoms with E-state index in [1.165, 1.54) is 7.11 Å². The fourth-order valence-corrected chi connectivity index (χ4v) is 2.65. The van der Waals surface area contributed by atoms with Crippen LogP contribution in [0.5, 0.6) is 0 Å². The van der Waals surface area contributed by atoms with Crippen molar-refractivity contribution in [2.45, 2.75) is 12.8 Å². The number of carbonyl (C=O) groups excluding carboxylic acids is 1. The molecule has 0 saturated carbocycles. The zero-order chi connectivity index (χ0) is 17.4. The van der Waals surface area contributed by atoms with Gasteiger partial charge in [-0.1, -0.05) is 35.9 Å². The van der Waals surface area contributed by atoms with Crippen LogP contribution in [0.25, 0.3) is 0 Å². The molecule has 0 aliphatic carbocycles. The van der Waals surface area contributed by atoms with Gasteiger partial charge in [0.15, 0.2) is 5.11 Å². The lowest BCUT2D eigenvalue weighted by molar-refractivity contribution is 0.0601. The minimum atomic E-state index is -0.378. The molecule has 0 fully saturated rings. The zero-order valence-electron chi connectivity index (χ0n) is 13.3. The summed E-state index contributed by atoms with van der Waals surface area (Å²) in [5, 5.41) is 7.50. The quantitative estimate of drug-likeness (QED) is 0.461. The van der Waals surface area contributed by atoms with E-state index in [1.807, 2.05) is 30.3 Å². The maximum Gasteiger partial charge on any atom is 0.337 e. The van der Waals surface area contributed by atoms with Gasteiger partial charge in [0, 0.05) is 17.3 Å². The summed E-state index contributed by atoms with van der Waals surface area (Å²) in [4.78, 5) is 11.5. The first-order valence-electron chi connectivity index (χ1n) is 7.57. The van der Waals surface area contributed by atoms with Gasteiger partial charge >= 0.3 is 5.97 Å². The van der Waals surface area contributed by atoms with E-state index in [1.54, 1.807) is 18.2 Å². The maximum absolute atomic E-state index is 11.5. The van der Waals surface area contributed by atoms with Crippen molar-refractivity contribution >= 4 is 40.6 Å². The molecule has 0 aromatic heterocycles. The molecule has 4 nitrogen and oxygen atoms in total. The third kappa shape index (κ3) is 5.51. The van der Waals surface area contributed by atoms with Crippen LogP contribution in [0, 0.1) is 0 Å². The number of esters is 1. The van der Waals surface area contributed by atoms with Crippen LogP contribution in [0.2, 0.25) is 5.02 Å². The number of ether oxygens (including phenoxy) is 1. The van der Waals surface area contributed by atoms with Crippen molar-refractivity contribution in [3.63, 3.8) is 0 Å². The van der Waals surface area contributed by atoms with Crippen LogP contribution in [-0.4, -0.2) is 24.7 Å². The summed E-state index contributed by atoms with van der Waals surface area (Å²) in [7, 11) is 1.35. The second kappa shape index (κ2) is 9.25. The average Bonchev–Trinajstić information content (AvgIpc) is 2.59. The van der Waals surface area contributed by atoms with Gasteiger partial charge in [0.05, 0.1) is 12.7 Å². The molecule has 2 aromatic carbocycles. The topological polar surface area (TPSA) is 50.4 Å². The Morgan fingerprint density at radius 1 is 1.21 bits per heavy atom. The number of hydrogen-bond donors (Lipinski definition) is 2. The van der Waals surface area contributed by atoms with Crippen molar-refractivity contribution in [1.82, 2.24) is 5.32 Å². The second-order valence-electron chi connectivity index (χ2n) is 5.15. The minimum Gasteiger partial charge on any atom is -0.465 e. The van der Waals surface area contributed by atoms with Crippen molar-refractivity contribution < 1.29 is 9.53 Å². The Balaban J connectivity index is 1.77. The third-order valence-electron chi connectivity index (χ3n) is 3.41. The number of nitrogens with one attached hydrogen (secondary N) is 2. The molecule has 0 saturated heterocycles. The van der Waals surface area contributed by atoms with Gasteiger partial charge in [0.25, 0.3) is 0 Å². The van der Waals surface area contributed by atoms with Crippen LogP contribution in [0.1, 0.15) is 22.3 Å². The molecule has 0 atom stereocenters. The van der Waals surface area contributed by atoms with Crippen molar-refractivity contribution in [1.29, 1.82) is 0 Å². The van der Waals surface area contributed by atoms with E-state index in [-0.39, 0.29) is 5.97 Å². The van der Waals surface area contributed by atoms with Crippen molar-refractivity contribution in [2.24, 2.45) is 0 Å². The van der Waals surface area contributed by atoms with Crippen LogP contribution in [0.3, 0.4) is 0 Å². The Morgan fingerprint density at radius 3 is 2.75 bits per heavy atom. The van der Waals surface area contributed by atoms with Gasteiger partial charge in [-0.05, 0) is 54.9 Å². The van der Waals surface area contributed by atoms with Gasteiger partial charge in [0.1, 0.15) is 0 Å². The number of carbonyl (C=O) groups is 1. The molecule has 0 spiro atoms. The maximum atomic E-state index is 11.5. The van der Waals surface area contributed by atoms with Crippen molar-refractivity contribution in [3.8, 4) is 0 Å². The lowest BCUT2D eigenvalue weighted by atomic mass is 10.1. The minimum absolute atomic E-state index is 0.378. The SMILES string of the molecule is COC(=O)c1cccc(NC(=S)NCCCc2ccccc2Cl)c1. The summed E-state index contributed by atoms with van der Waals surface area (Å²) >= 11 is 11.4. The molecular formula is C18H19ClN2O2S. The van der Waals surface area contributed by atoms with Gasteiger partial charge in [-0.2, -0.15) is 0 Å². The number of hydrogen-bond acceptors (Lipinski definition) is 3. The van der Waals surface area contributed by atoms with Crippen LogP contribution in [-0.2, 0) is 11.2 Å². The molecule has 0 amide bonds. The van der Waals surface area contributed by atoms with Gasteiger partial charge in [0.2, 0.25) is 0 Å². The van der Waals surface area contributed by atoms with Gasteiger partial charge in [-0.3, -0.25) is 0 Å². The lowest BCUT2D eigenvalue weighted by Gasteiger charge is -2.11. The van der Waals surface area contributed by atoms with Crippen LogP contribution >= 0.6 is 23.8 Å². The predicted octanol–water partition coefficient (Wildman–Crippen LogP) is 4.05. The van der Waals surface area contributed by atoms with E-state index in [9.17, 15) is 4.79 Å². The number of halogens is 1. The molecule has 0 aliphatic rings. The van der Waals surface area contributed by atoms with Gasteiger partial charge in [-0.25, -0.2) is 4.79 Å². The standard InChI is InChI=1S/C18H19ClN2O2S/c1-23-17(22)14-7-4-9-15(12-14)21-18(24)20-11-5-8-13-6-2-3-10-16(13)19/h2-4,6-7,9-10,12H,5,8,11H2,1H3,(H2,20,21,24). The normalized spacial score (nSPS) is 10.1. The second-order valence-corrected chi connectivity index (χ2v) is 5.96. The monoisotopic (exact) mass is 362 g/mol. The van der Waals surface area contributed by atoms with E-state index in [4.69, 9.17) is 28.6 Å². The summed E-state index contributed by atoms with van der Waals surface area (Å²) in [5.74, 6) is -0.378. The summed E-state index contributed by atoms with van der Waals surface area (Å²) in [5.41, 5.74) is 2.34. The first-order valence-corrected chi connectivity index (χ1v) is 8.35. The molecule has 2 N–H and O–H groups in total. The summed E-state index contributed by atoms with van der Waals surface area (Å²) in [6.07, 6.45) is 1.79. The average molecular weight is 363 g/mol. The molecule has 0 unspecified atom stereocenters. The molecule has 126 valence electrons. The highest BCUT2D eigenvalue weighted by atomic mass is 35.5. The highest BCUT2D eigenvalue weighted by molar-refractivity contribution is 7.80.